The second kappa shape index (κ2) is 7.68. The van der Waals surface area contributed by atoms with Gasteiger partial charge in [0.05, 0.1) is 12.3 Å². The minimum Gasteiger partial charge on any atom is -0.459 e. The molecule has 3 rings (SSSR count). The number of nitrogens with zero attached hydrogens (tertiary/aromatic N) is 1. The Kier molecular flexibility index (Phi) is 5.35. The van der Waals surface area contributed by atoms with Crippen molar-refractivity contribution in [2.45, 2.75) is 38.3 Å². The quantitative estimate of drug-likeness (QED) is 0.906. The molecule has 0 saturated carbocycles. The van der Waals surface area contributed by atoms with E-state index in [0.29, 0.717) is 13.0 Å². The van der Waals surface area contributed by atoms with Gasteiger partial charge >= 0.3 is 0 Å². The van der Waals surface area contributed by atoms with Gasteiger partial charge < -0.3 is 14.6 Å². The van der Waals surface area contributed by atoms with Gasteiger partial charge in [-0.1, -0.05) is 6.07 Å². The molecule has 2 unspecified atom stereocenters. The number of rotatable bonds is 4. The van der Waals surface area contributed by atoms with E-state index in [9.17, 15) is 18.4 Å². The number of halogens is 2. The number of carbonyl (C=O) groups excluding carboxylic acids is 2. The Bertz CT molecular complexity index is 792. The minimum atomic E-state index is -0.718. The molecule has 2 atom stereocenters. The summed E-state index contributed by atoms with van der Waals surface area (Å²) in [6.45, 7) is 2.08. The first-order valence-corrected chi connectivity index (χ1v) is 8.57. The molecule has 1 aromatic carbocycles. The lowest BCUT2D eigenvalue weighted by Gasteiger charge is -2.34. The number of nitrogens with one attached hydrogen (secondary N) is 1. The van der Waals surface area contributed by atoms with Gasteiger partial charge in [0.1, 0.15) is 17.7 Å². The fraction of sp³-hybridized carbons (Fsp3) is 0.368. The van der Waals surface area contributed by atoms with Crippen LogP contribution in [0.1, 0.15) is 48.3 Å². The number of hydrogen-bond donors (Lipinski definition) is 1. The molecule has 7 heteroatoms. The number of hydrogen-bond acceptors (Lipinski definition) is 3. The van der Waals surface area contributed by atoms with E-state index in [-0.39, 0.29) is 23.1 Å². The van der Waals surface area contributed by atoms with Gasteiger partial charge in [0.25, 0.3) is 5.91 Å². The first kappa shape index (κ1) is 18.1. The number of piperidine rings is 1. The number of benzene rings is 1. The highest BCUT2D eigenvalue weighted by atomic mass is 19.1. The Labute approximate surface area is 150 Å². The highest BCUT2D eigenvalue weighted by Gasteiger charge is 2.34. The molecule has 26 heavy (non-hydrogen) atoms. The maximum absolute atomic E-state index is 13.9. The van der Waals surface area contributed by atoms with Gasteiger partial charge in [0.2, 0.25) is 5.91 Å². The second-order valence-electron chi connectivity index (χ2n) is 6.38. The topological polar surface area (TPSA) is 62.6 Å². The molecule has 1 saturated heterocycles. The van der Waals surface area contributed by atoms with Crippen molar-refractivity contribution in [2.75, 3.05) is 6.54 Å². The first-order chi connectivity index (χ1) is 12.5. The van der Waals surface area contributed by atoms with Gasteiger partial charge in [0, 0.05) is 18.2 Å². The third kappa shape index (κ3) is 3.76. The number of carbonyl (C=O) groups is 2. The smallest absolute Gasteiger partial charge is 0.290 e. The van der Waals surface area contributed by atoms with Crippen LogP contribution in [-0.2, 0) is 4.79 Å². The van der Waals surface area contributed by atoms with Crippen molar-refractivity contribution in [2.24, 2.45) is 0 Å². The van der Waals surface area contributed by atoms with Crippen LogP contribution in [0.25, 0.3) is 0 Å². The van der Waals surface area contributed by atoms with E-state index in [0.717, 1.165) is 25.0 Å². The van der Waals surface area contributed by atoms with Crippen molar-refractivity contribution in [3.8, 4) is 0 Å². The average molecular weight is 362 g/mol. The molecule has 0 aliphatic carbocycles. The molecule has 138 valence electrons. The van der Waals surface area contributed by atoms with Crippen molar-refractivity contribution in [1.29, 1.82) is 0 Å². The molecule has 1 aliphatic rings. The molecular formula is C19H20F2N2O3. The normalized spacial score (nSPS) is 18.4. The van der Waals surface area contributed by atoms with E-state index in [2.05, 4.69) is 5.32 Å². The predicted molar refractivity (Wildman–Crippen MR) is 90.3 cm³/mol. The van der Waals surface area contributed by atoms with Gasteiger partial charge in [-0.15, -0.1) is 0 Å². The van der Waals surface area contributed by atoms with Crippen molar-refractivity contribution < 1.29 is 22.8 Å². The summed E-state index contributed by atoms with van der Waals surface area (Å²) in [6.07, 6.45) is 3.56. The van der Waals surface area contributed by atoms with E-state index in [4.69, 9.17) is 4.42 Å². The van der Waals surface area contributed by atoms with Crippen molar-refractivity contribution in [3.63, 3.8) is 0 Å². The highest BCUT2D eigenvalue weighted by molar-refractivity contribution is 5.95. The Balaban J connectivity index is 1.73. The average Bonchev–Trinajstić information content (AvgIpc) is 3.15. The Morgan fingerprint density at radius 1 is 1.27 bits per heavy atom. The molecule has 5 nitrogen and oxygen atoms in total. The van der Waals surface area contributed by atoms with Crippen LogP contribution in [0.2, 0.25) is 0 Å². The maximum atomic E-state index is 13.9. The summed E-state index contributed by atoms with van der Waals surface area (Å²) in [5.74, 6) is -1.91. The largest absolute Gasteiger partial charge is 0.459 e. The van der Waals surface area contributed by atoms with E-state index in [1.165, 1.54) is 17.2 Å². The Morgan fingerprint density at radius 3 is 2.77 bits per heavy atom. The number of amides is 2. The zero-order chi connectivity index (χ0) is 18.7. The van der Waals surface area contributed by atoms with Crippen LogP contribution < -0.4 is 5.32 Å². The highest BCUT2D eigenvalue weighted by Crippen LogP contribution is 2.22. The monoisotopic (exact) mass is 362 g/mol. The molecule has 2 heterocycles. The van der Waals surface area contributed by atoms with Crippen molar-refractivity contribution >= 4 is 11.8 Å². The van der Waals surface area contributed by atoms with Crippen LogP contribution >= 0.6 is 0 Å². The van der Waals surface area contributed by atoms with Gasteiger partial charge in [0.15, 0.2) is 5.76 Å². The summed E-state index contributed by atoms with van der Waals surface area (Å²) in [5.41, 5.74) is 0.194. The molecular weight excluding hydrogens is 342 g/mol. The van der Waals surface area contributed by atoms with Crippen LogP contribution in [-0.4, -0.2) is 29.3 Å². The van der Waals surface area contributed by atoms with Crippen LogP contribution in [0, 0.1) is 11.6 Å². The summed E-state index contributed by atoms with van der Waals surface area (Å²) in [6, 6.07) is 5.12. The van der Waals surface area contributed by atoms with Crippen LogP contribution in [0.15, 0.2) is 41.0 Å². The summed E-state index contributed by atoms with van der Waals surface area (Å²) >= 11 is 0. The van der Waals surface area contributed by atoms with Crippen molar-refractivity contribution in [3.05, 3.63) is 59.6 Å². The zero-order valence-corrected chi connectivity index (χ0v) is 14.4. The molecule has 0 spiro atoms. The van der Waals surface area contributed by atoms with Gasteiger partial charge in [-0.2, -0.15) is 0 Å². The summed E-state index contributed by atoms with van der Waals surface area (Å²) in [4.78, 5) is 26.8. The third-order valence-corrected chi connectivity index (χ3v) is 4.59. The molecule has 1 fully saturated rings. The zero-order valence-electron chi connectivity index (χ0n) is 14.4. The second-order valence-corrected chi connectivity index (χ2v) is 6.38. The van der Waals surface area contributed by atoms with Crippen LogP contribution in [0.3, 0.4) is 0 Å². The fourth-order valence-electron chi connectivity index (χ4n) is 3.23. The van der Waals surface area contributed by atoms with E-state index < -0.39 is 23.7 Å². The standard InChI is InChI=1S/C19H20F2N2O3/c1-12(14-8-7-13(20)11-15(14)21)22-18(24)16-5-2-3-9-23(16)19(25)17-6-4-10-26-17/h4,6-8,10-12,16H,2-3,5,9H2,1H3,(H,22,24). The molecule has 2 aromatic rings. The molecule has 1 aliphatic heterocycles. The number of likely N-dealkylation sites (tertiary alicyclic amines) is 1. The molecule has 0 bridgehead atoms. The summed E-state index contributed by atoms with van der Waals surface area (Å²) in [5, 5.41) is 2.73. The molecule has 1 N–H and O–H groups in total. The van der Waals surface area contributed by atoms with Gasteiger partial charge in [-0.3, -0.25) is 9.59 Å². The molecule has 2 amide bonds. The van der Waals surface area contributed by atoms with E-state index in [1.54, 1.807) is 19.1 Å². The van der Waals surface area contributed by atoms with E-state index >= 15 is 0 Å². The van der Waals surface area contributed by atoms with Crippen LogP contribution in [0.4, 0.5) is 8.78 Å². The molecule has 0 radical (unpaired) electrons. The van der Waals surface area contributed by atoms with Crippen molar-refractivity contribution in [1.82, 2.24) is 10.2 Å². The third-order valence-electron chi connectivity index (χ3n) is 4.59. The Morgan fingerprint density at radius 2 is 2.08 bits per heavy atom. The number of furan rings is 1. The van der Waals surface area contributed by atoms with Gasteiger partial charge in [-0.25, -0.2) is 8.78 Å². The lowest BCUT2D eigenvalue weighted by molar-refractivity contribution is -0.127. The SMILES string of the molecule is CC(NC(=O)C1CCCCN1C(=O)c1ccco1)c1ccc(F)cc1F. The first-order valence-electron chi connectivity index (χ1n) is 8.57. The maximum Gasteiger partial charge on any atom is 0.290 e. The predicted octanol–water partition coefficient (Wildman–Crippen LogP) is 3.43. The summed E-state index contributed by atoms with van der Waals surface area (Å²) in [7, 11) is 0. The van der Waals surface area contributed by atoms with Crippen LogP contribution in [0.5, 0.6) is 0 Å². The lowest BCUT2D eigenvalue weighted by atomic mass is 10.00. The minimum absolute atomic E-state index is 0.183. The van der Waals surface area contributed by atoms with Gasteiger partial charge in [-0.05, 0) is 44.4 Å². The molecule has 1 aromatic heterocycles. The Hall–Kier alpha value is -2.70. The van der Waals surface area contributed by atoms with E-state index in [1.807, 2.05) is 0 Å². The lowest BCUT2D eigenvalue weighted by Crippen LogP contribution is -2.52. The summed E-state index contributed by atoms with van der Waals surface area (Å²) < 4.78 is 32.1. The fourth-order valence-corrected chi connectivity index (χ4v) is 3.23.